The zero-order chi connectivity index (χ0) is 16.6. The summed E-state index contributed by atoms with van der Waals surface area (Å²) < 4.78 is 5.52. The Balaban J connectivity index is 1.77. The maximum Gasteiger partial charge on any atom is 0.410 e. The highest BCUT2D eigenvalue weighted by atomic mass is 16.6. The fourth-order valence-electron chi connectivity index (χ4n) is 3.27. The smallest absolute Gasteiger partial charge is 0.410 e. The summed E-state index contributed by atoms with van der Waals surface area (Å²) in [4.78, 5) is 17.7. The molecule has 1 aromatic carbocycles. The molecule has 1 aliphatic rings. The Hall–Kier alpha value is -1.97. The number of hydrogen-bond donors (Lipinski definition) is 1. The Bertz CT molecular complexity index is 712. The molecule has 0 bridgehead atoms. The number of likely N-dealkylation sites (tertiary alicyclic amines) is 1. The van der Waals surface area contributed by atoms with Crippen molar-refractivity contribution < 1.29 is 9.53 Å². The third-order valence-electron chi connectivity index (χ3n) is 4.40. The molecule has 0 radical (unpaired) electrons. The standard InChI is InChI=1S/C19H26N2O2/c1-13-7-5-8-14-11-16(20-17(13)14)15-9-6-10-21(12-15)18(22)23-19(2,3)4/h5,7-8,11,15,20H,6,9-10,12H2,1-4H3. The van der Waals surface area contributed by atoms with Gasteiger partial charge in [0.1, 0.15) is 5.60 Å². The van der Waals surface area contributed by atoms with Gasteiger partial charge in [-0.3, -0.25) is 0 Å². The number of nitrogens with zero attached hydrogens (tertiary/aromatic N) is 1. The molecule has 4 heteroatoms. The molecule has 1 aromatic heterocycles. The average molecular weight is 314 g/mol. The van der Waals surface area contributed by atoms with E-state index >= 15 is 0 Å². The van der Waals surface area contributed by atoms with E-state index in [2.05, 4.69) is 36.2 Å². The van der Waals surface area contributed by atoms with E-state index in [1.807, 2.05) is 25.7 Å². The Kier molecular flexibility index (Phi) is 4.09. The summed E-state index contributed by atoms with van der Waals surface area (Å²) in [5.74, 6) is 0.350. The second kappa shape index (κ2) is 5.91. The summed E-state index contributed by atoms with van der Waals surface area (Å²) in [6.07, 6.45) is 1.91. The minimum Gasteiger partial charge on any atom is -0.444 e. The van der Waals surface area contributed by atoms with Crippen molar-refractivity contribution in [2.75, 3.05) is 13.1 Å². The van der Waals surface area contributed by atoms with Gasteiger partial charge < -0.3 is 14.6 Å². The number of amides is 1. The molecule has 2 heterocycles. The fraction of sp³-hybridized carbons (Fsp3) is 0.526. The van der Waals surface area contributed by atoms with Gasteiger partial charge in [0.15, 0.2) is 0 Å². The first-order valence-electron chi connectivity index (χ1n) is 8.39. The van der Waals surface area contributed by atoms with Crippen LogP contribution in [0.25, 0.3) is 10.9 Å². The maximum absolute atomic E-state index is 12.3. The van der Waals surface area contributed by atoms with Crippen molar-refractivity contribution in [1.82, 2.24) is 9.88 Å². The lowest BCUT2D eigenvalue weighted by Gasteiger charge is -2.33. The number of rotatable bonds is 1. The second-order valence-electron chi connectivity index (χ2n) is 7.53. The van der Waals surface area contributed by atoms with Gasteiger partial charge in [0.05, 0.1) is 0 Å². The molecular weight excluding hydrogens is 288 g/mol. The van der Waals surface area contributed by atoms with Gasteiger partial charge in [-0.15, -0.1) is 0 Å². The number of aromatic nitrogens is 1. The SMILES string of the molecule is Cc1cccc2cc(C3CCCN(C(=O)OC(C)(C)C)C3)[nH]c12. The molecule has 23 heavy (non-hydrogen) atoms. The van der Waals surface area contributed by atoms with Crippen LogP contribution in [0.3, 0.4) is 0 Å². The molecule has 0 saturated carbocycles. The van der Waals surface area contributed by atoms with E-state index in [4.69, 9.17) is 4.74 Å². The molecule has 1 N–H and O–H groups in total. The third kappa shape index (κ3) is 3.52. The number of para-hydroxylation sites is 1. The lowest BCUT2D eigenvalue weighted by Crippen LogP contribution is -2.42. The van der Waals surface area contributed by atoms with Crippen LogP contribution in [-0.4, -0.2) is 34.7 Å². The Morgan fingerprint density at radius 2 is 2.13 bits per heavy atom. The lowest BCUT2D eigenvalue weighted by molar-refractivity contribution is 0.0197. The molecule has 4 nitrogen and oxygen atoms in total. The predicted molar refractivity (Wildman–Crippen MR) is 92.8 cm³/mol. The van der Waals surface area contributed by atoms with Gasteiger partial charge in [0, 0.05) is 30.2 Å². The summed E-state index contributed by atoms with van der Waals surface area (Å²) in [5.41, 5.74) is 3.25. The molecule has 1 aliphatic heterocycles. The van der Waals surface area contributed by atoms with Crippen LogP contribution in [0.15, 0.2) is 24.3 Å². The highest BCUT2D eigenvalue weighted by Gasteiger charge is 2.29. The molecule has 3 rings (SSSR count). The van der Waals surface area contributed by atoms with Gasteiger partial charge in [-0.05, 0) is 57.6 Å². The molecule has 1 saturated heterocycles. The lowest BCUT2D eigenvalue weighted by atomic mass is 9.95. The zero-order valence-corrected chi connectivity index (χ0v) is 14.5. The van der Waals surface area contributed by atoms with Crippen LogP contribution in [0.4, 0.5) is 4.79 Å². The normalized spacial score (nSPS) is 19.1. The molecule has 0 aliphatic carbocycles. The van der Waals surface area contributed by atoms with E-state index in [-0.39, 0.29) is 6.09 Å². The molecule has 1 fully saturated rings. The summed E-state index contributed by atoms with van der Waals surface area (Å²) in [6.45, 7) is 9.36. The number of piperidine rings is 1. The summed E-state index contributed by atoms with van der Waals surface area (Å²) in [6, 6.07) is 8.57. The van der Waals surface area contributed by atoms with Crippen LogP contribution < -0.4 is 0 Å². The predicted octanol–water partition coefficient (Wildman–Crippen LogP) is 4.59. The minimum atomic E-state index is -0.442. The van der Waals surface area contributed by atoms with E-state index in [1.54, 1.807) is 0 Å². The van der Waals surface area contributed by atoms with Crippen LogP contribution in [0, 0.1) is 6.92 Å². The molecule has 1 amide bonds. The number of carbonyl (C=O) groups is 1. The van der Waals surface area contributed by atoms with Gasteiger partial charge in [0.25, 0.3) is 0 Å². The molecule has 2 aromatic rings. The number of ether oxygens (including phenoxy) is 1. The number of benzene rings is 1. The van der Waals surface area contributed by atoms with Crippen LogP contribution in [0.2, 0.25) is 0 Å². The third-order valence-corrected chi connectivity index (χ3v) is 4.40. The van der Waals surface area contributed by atoms with E-state index in [0.717, 1.165) is 25.9 Å². The zero-order valence-electron chi connectivity index (χ0n) is 14.5. The number of fused-ring (bicyclic) bond motifs is 1. The van der Waals surface area contributed by atoms with E-state index < -0.39 is 5.60 Å². The van der Waals surface area contributed by atoms with Crippen molar-refractivity contribution in [3.63, 3.8) is 0 Å². The van der Waals surface area contributed by atoms with Crippen molar-refractivity contribution in [1.29, 1.82) is 0 Å². The molecule has 1 unspecified atom stereocenters. The van der Waals surface area contributed by atoms with Crippen molar-refractivity contribution in [3.8, 4) is 0 Å². The summed E-state index contributed by atoms with van der Waals surface area (Å²) in [7, 11) is 0. The van der Waals surface area contributed by atoms with Crippen LogP contribution in [0.1, 0.15) is 50.8 Å². The Morgan fingerprint density at radius 1 is 1.35 bits per heavy atom. The van der Waals surface area contributed by atoms with Gasteiger partial charge in [0.2, 0.25) is 0 Å². The number of nitrogens with one attached hydrogen (secondary N) is 1. The van der Waals surface area contributed by atoms with Crippen molar-refractivity contribution >= 4 is 17.0 Å². The van der Waals surface area contributed by atoms with Gasteiger partial charge >= 0.3 is 6.09 Å². The maximum atomic E-state index is 12.3. The highest BCUT2D eigenvalue weighted by molar-refractivity contribution is 5.83. The van der Waals surface area contributed by atoms with Crippen molar-refractivity contribution in [3.05, 3.63) is 35.5 Å². The Morgan fingerprint density at radius 3 is 2.83 bits per heavy atom. The number of aryl methyl sites for hydroxylation is 1. The summed E-state index contributed by atoms with van der Waals surface area (Å²) >= 11 is 0. The number of carbonyl (C=O) groups excluding carboxylic acids is 1. The first-order valence-corrected chi connectivity index (χ1v) is 8.39. The number of aromatic amines is 1. The molecule has 1 atom stereocenters. The second-order valence-corrected chi connectivity index (χ2v) is 7.53. The molecule has 124 valence electrons. The van der Waals surface area contributed by atoms with Crippen LogP contribution >= 0.6 is 0 Å². The topological polar surface area (TPSA) is 45.3 Å². The molecular formula is C19H26N2O2. The highest BCUT2D eigenvalue weighted by Crippen LogP contribution is 2.30. The number of H-pyrrole nitrogens is 1. The van der Waals surface area contributed by atoms with Gasteiger partial charge in [-0.25, -0.2) is 4.79 Å². The minimum absolute atomic E-state index is 0.200. The summed E-state index contributed by atoms with van der Waals surface area (Å²) in [5, 5.41) is 1.24. The average Bonchev–Trinajstić information content (AvgIpc) is 2.91. The van der Waals surface area contributed by atoms with Crippen LogP contribution in [-0.2, 0) is 4.74 Å². The van der Waals surface area contributed by atoms with Crippen molar-refractivity contribution in [2.24, 2.45) is 0 Å². The van der Waals surface area contributed by atoms with Gasteiger partial charge in [-0.1, -0.05) is 18.2 Å². The first kappa shape index (κ1) is 15.9. The van der Waals surface area contributed by atoms with E-state index in [0.29, 0.717) is 5.92 Å². The number of hydrogen-bond acceptors (Lipinski definition) is 2. The first-order chi connectivity index (χ1) is 10.8. The molecule has 0 spiro atoms. The monoisotopic (exact) mass is 314 g/mol. The largest absolute Gasteiger partial charge is 0.444 e. The fourth-order valence-corrected chi connectivity index (χ4v) is 3.27. The van der Waals surface area contributed by atoms with Crippen LogP contribution in [0.5, 0.6) is 0 Å². The Labute approximate surface area is 137 Å². The van der Waals surface area contributed by atoms with Gasteiger partial charge in [-0.2, -0.15) is 0 Å². The van der Waals surface area contributed by atoms with Crippen molar-refractivity contribution in [2.45, 2.75) is 52.1 Å². The quantitative estimate of drug-likeness (QED) is 0.836. The van der Waals surface area contributed by atoms with E-state index in [1.165, 1.54) is 22.2 Å². The van der Waals surface area contributed by atoms with E-state index in [9.17, 15) is 4.79 Å².